The van der Waals surface area contributed by atoms with Gasteiger partial charge in [-0.3, -0.25) is 0 Å². The van der Waals surface area contributed by atoms with Crippen LogP contribution in [0.15, 0.2) is 70.6 Å². The van der Waals surface area contributed by atoms with Gasteiger partial charge in [0, 0.05) is 10.1 Å². The summed E-state index contributed by atoms with van der Waals surface area (Å²) in [5.74, 6) is 0. The molecule has 124 valence electrons. The normalized spacial score (nSPS) is 12.0. The Balaban J connectivity index is 1.86. The van der Waals surface area contributed by atoms with Crippen molar-refractivity contribution in [1.29, 1.82) is 0 Å². The molecule has 1 heterocycles. The average Bonchev–Trinajstić information content (AvgIpc) is 2.54. The predicted octanol–water partition coefficient (Wildman–Crippen LogP) is 6.76. The molecule has 0 aliphatic rings. The van der Waals surface area contributed by atoms with Gasteiger partial charge in [0.25, 0.3) is 0 Å². The maximum absolute atomic E-state index is 4.89. The van der Waals surface area contributed by atoms with E-state index in [0.717, 1.165) is 10.7 Å². The molecule has 0 N–H and O–H groups in total. The van der Waals surface area contributed by atoms with Gasteiger partial charge >= 0.3 is 0 Å². The first-order valence-electron chi connectivity index (χ1n) is 8.26. The summed E-state index contributed by atoms with van der Waals surface area (Å²) in [5, 5.41) is 4.22. The van der Waals surface area contributed by atoms with Gasteiger partial charge in [0.1, 0.15) is 0 Å². The molecule has 1 aromatic heterocycles. The van der Waals surface area contributed by atoms with Crippen molar-refractivity contribution in [2.45, 2.75) is 47.6 Å². The van der Waals surface area contributed by atoms with Crippen LogP contribution in [0.2, 0.25) is 0 Å². The van der Waals surface area contributed by atoms with Crippen LogP contribution in [0.25, 0.3) is 10.8 Å². The van der Waals surface area contributed by atoms with Crippen LogP contribution in [0.5, 0.6) is 0 Å². The zero-order valence-electron chi connectivity index (χ0n) is 14.6. The lowest BCUT2D eigenvalue weighted by Crippen LogP contribution is -2.14. The molecule has 0 saturated heterocycles. The Bertz CT molecular complexity index is 840. The van der Waals surface area contributed by atoms with Gasteiger partial charge < -0.3 is 0 Å². The number of pyridine rings is 1. The molecule has 1 nitrogen and oxygen atoms in total. The van der Waals surface area contributed by atoms with Crippen molar-refractivity contribution in [3.05, 3.63) is 66.4 Å². The molecule has 0 bridgehead atoms. The second-order valence-electron chi connectivity index (χ2n) is 6.65. The van der Waals surface area contributed by atoms with Crippen LogP contribution < -0.4 is 0 Å². The van der Waals surface area contributed by atoms with Crippen molar-refractivity contribution in [3.8, 4) is 0 Å². The minimum Gasteiger partial charge on any atom is -0.245 e. The van der Waals surface area contributed by atoms with Gasteiger partial charge in [-0.15, -0.1) is 23.5 Å². The number of nitrogens with zero attached hydrogens (tertiary/aromatic N) is 1. The summed E-state index contributed by atoms with van der Waals surface area (Å²) in [4.78, 5) is 6.17. The largest absolute Gasteiger partial charge is 0.245 e. The highest BCUT2D eigenvalue weighted by Crippen LogP contribution is 2.41. The summed E-state index contributed by atoms with van der Waals surface area (Å²) in [5.41, 5.74) is 1.13. The van der Waals surface area contributed by atoms with Crippen LogP contribution in [0.4, 0.5) is 0 Å². The number of hydrogen-bond acceptors (Lipinski definition) is 3. The van der Waals surface area contributed by atoms with E-state index < -0.39 is 0 Å². The topological polar surface area (TPSA) is 12.9 Å². The minimum atomic E-state index is -0.0734. The molecule has 0 saturated carbocycles. The number of fused-ring (bicyclic) bond motifs is 1. The van der Waals surface area contributed by atoms with E-state index in [0.29, 0.717) is 5.25 Å². The molecular weight excluding hydrogens is 330 g/mol. The number of rotatable bonds is 5. The standard InChI is InChI=1S/C21H23NS2/c1-15(2)23-20-11-7-10-19(22-20)21(3,4)24-18-13-12-16-8-5-6-9-17(16)14-18/h5-15H,1-4H3. The molecule has 0 spiro atoms. The van der Waals surface area contributed by atoms with Gasteiger partial charge in [0.2, 0.25) is 0 Å². The van der Waals surface area contributed by atoms with Crippen LogP contribution >= 0.6 is 23.5 Å². The van der Waals surface area contributed by atoms with Crippen LogP contribution in [-0.4, -0.2) is 10.2 Å². The first-order chi connectivity index (χ1) is 11.4. The van der Waals surface area contributed by atoms with Crippen molar-refractivity contribution in [2.24, 2.45) is 0 Å². The van der Waals surface area contributed by atoms with Crippen molar-refractivity contribution in [1.82, 2.24) is 4.98 Å². The zero-order chi connectivity index (χ0) is 17.2. The van der Waals surface area contributed by atoms with E-state index in [-0.39, 0.29) is 4.75 Å². The SMILES string of the molecule is CC(C)Sc1cccc(C(C)(C)Sc2ccc3ccccc3c2)n1. The fraction of sp³-hybridized carbons (Fsp3) is 0.286. The number of thioether (sulfide) groups is 2. The lowest BCUT2D eigenvalue weighted by molar-refractivity contribution is 0.733. The third kappa shape index (κ3) is 4.14. The summed E-state index contributed by atoms with van der Waals surface area (Å²) < 4.78 is -0.0734. The Morgan fingerprint density at radius 3 is 2.38 bits per heavy atom. The lowest BCUT2D eigenvalue weighted by atomic mass is 10.1. The van der Waals surface area contributed by atoms with Gasteiger partial charge in [-0.2, -0.15) is 0 Å². The summed E-state index contributed by atoms with van der Waals surface area (Å²) >= 11 is 3.69. The van der Waals surface area contributed by atoms with Crippen molar-refractivity contribution < 1.29 is 0 Å². The Labute approximate surface area is 153 Å². The van der Waals surface area contributed by atoms with Gasteiger partial charge in [0.15, 0.2) is 0 Å². The predicted molar refractivity (Wildman–Crippen MR) is 108 cm³/mol. The van der Waals surface area contributed by atoms with E-state index in [4.69, 9.17) is 4.98 Å². The fourth-order valence-corrected chi connectivity index (χ4v) is 4.56. The third-order valence-electron chi connectivity index (χ3n) is 3.79. The number of hydrogen-bond donors (Lipinski definition) is 0. The highest BCUT2D eigenvalue weighted by molar-refractivity contribution is 8.00. The van der Waals surface area contributed by atoms with Crippen molar-refractivity contribution in [3.63, 3.8) is 0 Å². The first kappa shape index (κ1) is 17.4. The number of benzene rings is 2. The third-order valence-corrected chi connectivity index (χ3v) is 5.94. The molecular formula is C21H23NS2. The minimum absolute atomic E-state index is 0.0734. The Kier molecular flexibility index (Phi) is 5.21. The summed E-state index contributed by atoms with van der Waals surface area (Å²) in [6, 6.07) is 21.5. The molecule has 0 fully saturated rings. The first-order valence-corrected chi connectivity index (χ1v) is 9.96. The molecule has 0 radical (unpaired) electrons. The smallest absolute Gasteiger partial charge is 0.0966 e. The van der Waals surface area contributed by atoms with E-state index in [1.54, 1.807) is 0 Å². The monoisotopic (exact) mass is 353 g/mol. The molecule has 0 unspecified atom stereocenters. The number of aromatic nitrogens is 1. The van der Waals surface area contributed by atoms with Crippen LogP contribution in [0.3, 0.4) is 0 Å². The van der Waals surface area contributed by atoms with Gasteiger partial charge in [-0.05, 0) is 48.9 Å². The highest BCUT2D eigenvalue weighted by Gasteiger charge is 2.24. The van der Waals surface area contributed by atoms with Crippen LogP contribution in [0.1, 0.15) is 33.4 Å². The van der Waals surface area contributed by atoms with Crippen LogP contribution in [0, 0.1) is 0 Å². The summed E-state index contributed by atoms with van der Waals surface area (Å²) in [6.45, 7) is 8.90. The Morgan fingerprint density at radius 2 is 1.62 bits per heavy atom. The maximum atomic E-state index is 4.89. The van der Waals surface area contributed by atoms with E-state index in [9.17, 15) is 0 Å². The van der Waals surface area contributed by atoms with Gasteiger partial charge in [-0.1, -0.05) is 50.2 Å². The molecule has 3 rings (SSSR count). The quantitative estimate of drug-likeness (QED) is 0.470. The molecule has 3 aromatic rings. The van der Waals surface area contributed by atoms with E-state index >= 15 is 0 Å². The second-order valence-corrected chi connectivity index (χ2v) is 9.94. The molecule has 0 aliphatic heterocycles. The van der Waals surface area contributed by atoms with E-state index in [1.165, 1.54) is 15.7 Å². The second kappa shape index (κ2) is 7.20. The molecule has 0 atom stereocenters. The summed E-state index contributed by atoms with van der Waals surface area (Å²) in [7, 11) is 0. The molecule has 2 aromatic carbocycles. The molecule has 0 aliphatic carbocycles. The average molecular weight is 354 g/mol. The fourth-order valence-electron chi connectivity index (χ4n) is 2.64. The van der Waals surface area contributed by atoms with Gasteiger partial charge in [0.05, 0.1) is 15.5 Å². The van der Waals surface area contributed by atoms with E-state index in [2.05, 4.69) is 88.4 Å². The Morgan fingerprint density at radius 1 is 0.875 bits per heavy atom. The highest BCUT2D eigenvalue weighted by atomic mass is 32.2. The van der Waals surface area contributed by atoms with E-state index in [1.807, 2.05) is 23.5 Å². The summed E-state index contributed by atoms with van der Waals surface area (Å²) in [6.07, 6.45) is 0. The van der Waals surface area contributed by atoms with Crippen molar-refractivity contribution in [2.75, 3.05) is 0 Å². The van der Waals surface area contributed by atoms with Crippen LogP contribution in [-0.2, 0) is 4.75 Å². The molecule has 24 heavy (non-hydrogen) atoms. The Hall–Kier alpha value is -1.45. The molecule has 0 amide bonds. The van der Waals surface area contributed by atoms with Gasteiger partial charge in [-0.25, -0.2) is 4.98 Å². The maximum Gasteiger partial charge on any atom is 0.0966 e. The molecule has 3 heteroatoms. The van der Waals surface area contributed by atoms with Crippen molar-refractivity contribution >= 4 is 34.3 Å². The zero-order valence-corrected chi connectivity index (χ0v) is 16.2. The lowest BCUT2D eigenvalue weighted by Gasteiger charge is -2.24.